The highest BCUT2D eigenvalue weighted by atomic mass is 14.7. The Kier molecular flexibility index (Phi) is 9.88. The summed E-state index contributed by atoms with van der Waals surface area (Å²) in [6.45, 7) is 15.1. The SMILES string of the molecule is C=C(/C=C\c1ccc2ccc(-c3ccccc3)nc2c1C)c1cccc(/C(C)=C/C=c2/ccc(/C=C\C(=N)c3ccccc3)c(C)c2=C)c1. The molecule has 0 aliphatic heterocycles. The number of hydrogen-bond acceptors (Lipinski definition) is 2. The first-order chi connectivity index (χ1) is 23.8. The average Bonchev–Trinajstić information content (AvgIpc) is 3.15. The topological polar surface area (TPSA) is 36.7 Å². The van der Waals surface area contributed by atoms with Crippen LogP contribution in [0, 0.1) is 19.3 Å². The summed E-state index contributed by atoms with van der Waals surface area (Å²) < 4.78 is 0. The van der Waals surface area contributed by atoms with Crippen LogP contribution < -0.4 is 10.4 Å². The highest BCUT2D eigenvalue weighted by Crippen LogP contribution is 2.27. The van der Waals surface area contributed by atoms with Crippen LogP contribution in [0.4, 0.5) is 0 Å². The molecule has 6 aromatic rings. The van der Waals surface area contributed by atoms with Crippen LogP contribution >= 0.6 is 0 Å². The van der Waals surface area contributed by atoms with Crippen LogP contribution in [0.5, 0.6) is 0 Å². The molecule has 0 atom stereocenters. The Hall–Kier alpha value is -6.12. The van der Waals surface area contributed by atoms with Crippen LogP contribution in [-0.4, -0.2) is 10.7 Å². The number of rotatable bonds is 9. The normalized spacial score (nSPS) is 12.3. The molecular formula is C47H40N2. The number of fused-ring (bicyclic) bond motifs is 1. The summed E-state index contributed by atoms with van der Waals surface area (Å²) in [4.78, 5) is 5.02. The maximum Gasteiger partial charge on any atom is 0.0744 e. The first kappa shape index (κ1) is 32.8. The predicted molar refractivity (Wildman–Crippen MR) is 213 cm³/mol. The van der Waals surface area contributed by atoms with E-state index in [1.165, 1.54) is 0 Å². The molecule has 5 aromatic carbocycles. The predicted octanol–water partition coefficient (Wildman–Crippen LogP) is 10.6. The fourth-order valence-electron chi connectivity index (χ4n) is 5.88. The van der Waals surface area contributed by atoms with E-state index in [1.54, 1.807) is 0 Å². The Labute approximate surface area is 289 Å². The molecule has 6 rings (SSSR count). The fraction of sp³-hybridized carbons (Fsp3) is 0.0638. The van der Waals surface area contributed by atoms with E-state index in [9.17, 15) is 0 Å². The summed E-state index contributed by atoms with van der Waals surface area (Å²) in [5.74, 6) is 0. The van der Waals surface area contributed by atoms with Crippen molar-refractivity contribution in [2.75, 3.05) is 0 Å². The lowest BCUT2D eigenvalue weighted by atomic mass is 9.98. The average molecular weight is 633 g/mol. The Morgan fingerprint density at radius 2 is 1.31 bits per heavy atom. The van der Waals surface area contributed by atoms with E-state index < -0.39 is 0 Å². The van der Waals surface area contributed by atoms with Crippen LogP contribution in [0.2, 0.25) is 0 Å². The van der Waals surface area contributed by atoms with E-state index in [4.69, 9.17) is 10.4 Å². The van der Waals surface area contributed by atoms with Gasteiger partial charge >= 0.3 is 0 Å². The Morgan fingerprint density at radius 1 is 0.673 bits per heavy atom. The lowest BCUT2D eigenvalue weighted by Crippen LogP contribution is -2.26. The van der Waals surface area contributed by atoms with Crippen molar-refractivity contribution in [3.8, 4) is 11.3 Å². The molecule has 0 fully saturated rings. The lowest BCUT2D eigenvalue weighted by molar-refractivity contribution is 1.35. The highest BCUT2D eigenvalue weighted by molar-refractivity contribution is 6.08. The van der Waals surface area contributed by atoms with Gasteiger partial charge in [-0.25, -0.2) is 4.98 Å². The van der Waals surface area contributed by atoms with Crippen molar-refractivity contribution in [2.24, 2.45) is 0 Å². The van der Waals surface area contributed by atoms with Crippen molar-refractivity contribution in [1.82, 2.24) is 4.98 Å². The zero-order valence-electron chi connectivity index (χ0n) is 28.4. The van der Waals surface area contributed by atoms with Gasteiger partial charge < -0.3 is 5.41 Å². The molecule has 1 aromatic heterocycles. The molecular weight excluding hydrogens is 593 g/mol. The van der Waals surface area contributed by atoms with Gasteiger partial charge in [0.1, 0.15) is 0 Å². The molecule has 1 N–H and O–H groups in total. The van der Waals surface area contributed by atoms with E-state index >= 15 is 0 Å². The minimum Gasteiger partial charge on any atom is -0.300 e. The number of benzene rings is 5. The molecule has 238 valence electrons. The van der Waals surface area contributed by atoms with Crippen molar-refractivity contribution < 1.29 is 0 Å². The fourth-order valence-corrected chi connectivity index (χ4v) is 5.88. The molecule has 0 saturated carbocycles. The minimum absolute atomic E-state index is 0.485. The van der Waals surface area contributed by atoms with E-state index in [0.717, 1.165) is 82.7 Å². The summed E-state index contributed by atoms with van der Waals surface area (Å²) in [6, 6.07) is 41.3. The molecule has 0 radical (unpaired) electrons. The van der Waals surface area contributed by atoms with Gasteiger partial charge in [-0.2, -0.15) is 0 Å². The van der Waals surface area contributed by atoms with Gasteiger partial charge in [-0.15, -0.1) is 0 Å². The van der Waals surface area contributed by atoms with Crippen molar-refractivity contribution in [3.63, 3.8) is 0 Å². The first-order valence-electron chi connectivity index (χ1n) is 16.5. The van der Waals surface area contributed by atoms with E-state index in [1.807, 2.05) is 60.7 Å². The molecule has 49 heavy (non-hydrogen) atoms. The second kappa shape index (κ2) is 14.8. The molecule has 0 amide bonds. The van der Waals surface area contributed by atoms with Crippen LogP contribution in [0.3, 0.4) is 0 Å². The van der Waals surface area contributed by atoms with Crippen LogP contribution in [0.15, 0.2) is 146 Å². The molecule has 1 heterocycles. The molecule has 0 aliphatic rings. The maximum atomic E-state index is 8.38. The maximum absolute atomic E-state index is 8.38. The molecule has 2 nitrogen and oxygen atoms in total. The number of nitrogens with zero attached hydrogens (tertiary/aromatic N) is 1. The monoisotopic (exact) mass is 632 g/mol. The molecule has 2 heteroatoms. The van der Waals surface area contributed by atoms with E-state index in [0.29, 0.717) is 5.71 Å². The minimum atomic E-state index is 0.485. The Balaban J connectivity index is 1.19. The quantitative estimate of drug-likeness (QED) is 0.125. The van der Waals surface area contributed by atoms with Gasteiger partial charge in [-0.3, -0.25) is 0 Å². The molecule has 0 saturated heterocycles. The molecule has 0 bridgehead atoms. The van der Waals surface area contributed by atoms with Crippen LogP contribution in [0.25, 0.3) is 58.1 Å². The van der Waals surface area contributed by atoms with Gasteiger partial charge in [-0.05, 0) is 99.5 Å². The second-order valence-corrected chi connectivity index (χ2v) is 12.3. The Morgan fingerprint density at radius 3 is 2.08 bits per heavy atom. The number of nitrogens with one attached hydrogen (secondary N) is 1. The summed E-state index contributed by atoms with van der Waals surface area (Å²) in [5.41, 5.74) is 13.3. The van der Waals surface area contributed by atoms with Crippen LogP contribution in [0.1, 0.15) is 45.9 Å². The molecule has 0 aliphatic carbocycles. The Bertz CT molecular complexity index is 2390. The zero-order chi connectivity index (χ0) is 34.3. The van der Waals surface area contributed by atoms with Gasteiger partial charge in [0, 0.05) is 10.9 Å². The van der Waals surface area contributed by atoms with Gasteiger partial charge in [0.05, 0.1) is 16.9 Å². The second-order valence-electron chi connectivity index (χ2n) is 12.3. The first-order valence-corrected chi connectivity index (χ1v) is 16.5. The van der Waals surface area contributed by atoms with Crippen molar-refractivity contribution in [3.05, 3.63) is 196 Å². The third-order valence-electron chi connectivity index (χ3n) is 9.08. The third-order valence-corrected chi connectivity index (χ3v) is 9.08. The zero-order valence-corrected chi connectivity index (χ0v) is 28.4. The number of aryl methyl sites for hydroxylation is 1. The summed E-state index contributed by atoms with van der Waals surface area (Å²) in [5, 5.41) is 11.6. The number of aromatic nitrogens is 1. The highest BCUT2D eigenvalue weighted by Gasteiger charge is 2.07. The number of allylic oxidation sites excluding steroid dienone is 5. The van der Waals surface area contributed by atoms with Crippen LogP contribution in [-0.2, 0) is 0 Å². The largest absolute Gasteiger partial charge is 0.300 e. The van der Waals surface area contributed by atoms with Crippen molar-refractivity contribution in [1.29, 1.82) is 5.41 Å². The van der Waals surface area contributed by atoms with Gasteiger partial charge in [0.15, 0.2) is 0 Å². The standard InChI is InChI=1S/C47H40N2/c1-32(19-21-37-23-24-38(35(4)34(37)3)27-29-45(48)40-13-8-6-9-14-40)43-17-12-18-44(31-43)33(2)20-22-39-25-26-42-28-30-46(49-47(42)36(39)5)41-15-10-7-11-16-41/h6-31,48H,2-3H2,1,4-5H3/b22-20-,29-27-,32-19+,37-21-,48-45?. The molecule has 0 spiro atoms. The summed E-state index contributed by atoms with van der Waals surface area (Å²) >= 11 is 0. The summed E-state index contributed by atoms with van der Waals surface area (Å²) in [6.07, 6.45) is 12.4. The van der Waals surface area contributed by atoms with Gasteiger partial charge in [0.25, 0.3) is 0 Å². The smallest absolute Gasteiger partial charge is 0.0744 e. The van der Waals surface area contributed by atoms with E-state index in [-0.39, 0.29) is 0 Å². The lowest BCUT2D eigenvalue weighted by Gasteiger charge is -2.09. The van der Waals surface area contributed by atoms with Gasteiger partial charge in [-0.1, -0.05) is 153 Å². The molecule has 0 unspecified atom stereocenters. The summed E-state index contributed by atoms with van der Waals surface area (Å²) in [7, 11) is 0. The van der Waals surface area contributed by atoms with Crippen molar-refractivity contribution in [2.45, 2.75) is 20.8 Å². The number of hydrogen-bond donors (Lipinski definition) is 1. The number of pyridine rings is 1. The van der Waals surface area contributed by atoms with E-state index in [2.05, 4.69) is 131 Å². The third kappa shape index (κ3) is 7.56. The van der Waals surface area contributed by atoms with Gasteiger partial charge in [0.2, 0.25) is 0 Å². The van der Waals surface area contributed by atoms with Crippen molar-refractivity contribution >= 4 is 52.6 Å².